The molecule has 0 spiro atoms. The molecule has 0 unspecified atom stereocenters. The van der Waals surface area contributed by atoms with Gasteiger partial charge in [-0.05, 0) is 43.3 Å². The lowest BCUT2D eigenvalue weighted by Crippen LogP contribution is -2.32. The van der Waals surface area contributed by atoms with E-state index in [-0.39, 0.29) is 0 Å². The number of anilines is 4. The van der Waals surface area contributed by atoms with Gasteiger partial charge in [0.1, 0.15) is 23.2 Å². The lowest BCUT2D eigenvalue weighted by atomic mass is 10.2. The van der Waals surface area contributed by atoms with Crippen molar-refractivity contribution in [2.75, 3.05) is 42.7 Å². The molecule has 0 aliphatic carbocycles. The summed E-state index contributed by atoms with van der Waals surface area (Å²) >= 11 is 0. The summed E-state index contributed by atoms with van der Waals surface area (Å²) in [7, 11) is 1.64. The topological polar surface area (TPSA) is 112 Å². The summed E-state index contributed by atoms with van der Waals surface area (Å²) in [6, 6.07) is 13.6. The molecule has 0 radical (unpaired) electrons. The molecular formula is C22H25N7O. The van der Waals surface area contributed by atoms with E-state index in [0.29, 0.717) is 34.7 Å². The maximum atomic E-state index is 9.26. The number of nitriles is 1. The largest absolute Gasteiger partial charge is 0.494 e. The van der Waals surface area contributed by atoms with Crippen LogP contribution < -0.4 is 26.0 Å². The minimum Gasteiger partial charge on any atom is -0.494 e. The zero-order chi connectivity index (χ0) is 21.1. The van der Waals surface area contributed by atoms with Crippen LogP contribution >= 0.6 is 0 Å². The number of nitrogens with one attached hydrogen (secondary N) is 2. The Morgan fingerprint density at radius 3 is 2.93 bits per heavy atom. The summed E-state index contributed by atoms with van der Waals surface area (Å²) in [6.07, 6.45) is 1.07. The summed E-state index contributed by atoms with van der Waals surface area (Å²) in [5.41, 5.74) is 8.14. The highest BCUT2D eigenvalue weighted by Crippen LogP contribution is 2.33. The Labute approximate surface area is 175 Å². The second kappa shape index (κ2) is 8.43. The van der Waals surface area contributed by atoms with Crippen molar-refractivity contribution >= 4 is 34.0 Å². The Hall–Kier alpha value is -3.57. The molecule has 3 aromatic rings. The van der Waals surface area contributed by atoms with Crippen molar-refractivity contribution in [3.63, 3.8) is 0 Å². The van der Waals surface area contributed by atoms with Crippen molar-refractivity contribution in [2.45, 2.75) is 19.4 Å². The molecule has 154 valence electrons. The van der Waals surface area contributed by atoms with Crippen LogP contribution in [0, 0.1) is 11.3 Å². The average molecular weight is 403 g/mol. The Balaban J connectivity index is 1.76. The third-order valence-electron chi connectivity index (χ3n) is 5.30. The van der Waals surface area contributed by atoms with Gasteiger partial charge in [-0.3, -0.25) is 0 Å². The minimum absolute atomic E-state index is 0.409. The van der Waals surface area contributed by atoms with Gasteiger partial charge in [0.05, 0.1) is 12.7 Å². The van der Waals surface area contributed by atoms with Crippen LogP contribution in [-0.2, 0) is 0 Å². The van der Waals surface area contributed by atoms with Crippen molar-refractivity contribution in [1.29, 1.82) is 5.26 Å². The maximum Gasteiger partial charge on any atom is 0.229 e. The highest BCUT2D eigenvalue weighted by molar-refractivity contribution is 5.94. The zero-order valence-corrected chi connectivity index (χ0v) is 17.1. The van der Waals surface area contributed by atoms with Gasteiger partial charge in [0.2, 0.25) is 5.95 Å². The molecule has 1 atom stereocenters. The van der Waals surface area contributed by atoms with E-state index in [1.54, 1.807) is 19.2 Å². The molecular weight excluding hydrogens is 378 g/mol. The van der Waals surface area contributed by atoms with Gasteiger partial charge in [-0.15, -0.1) is 0 Å². The average Bonchev–Trinajstić information content (AvgIpc) is 3.23. The molecule has 1 saturated heterocycles. The van der Waals surface area contributed by atoms with E-state index >= 15 is 0 Å². The molecule has 8 heteroatoms. The first kappa shape index (κ1) is 19.7. The van der Waals surface area contributed by atoms with Crippen molar-refractivity contribution in [1.82, 2.24) is 15.3 Å². The van der Waals surface area contributed by atoms with Crippen LogP contribution in [0.2, 0.25) is 0 Å². The van der Waals surface area contributed by atoms with E-state index in [2.05, 4.69) is 28.5 Å². The standard InChI is InChI=1S/C22H25N7O/c1-3-25-16-9-10-29(13-16)21-17-5-4-6-19(30-2)20(17)27-22(28-21)26-15-7-8-18(24)14(11-15)12-23/h4-8,11,16,25H,3,9-10,13,24H2,1-2H3,(H,26,27,28)/t16-/m0/s1. The fraction of sp³-hybridized carbons (Fsp3) is 0.318. The van der Waals surface area contributed by atoms with Crippen molar-refractivity contribution in [3.8, 4) is 11.8 Å². The van der Waals surface area contributed by atoms with Gasteiger partial charge >= 0.3 is 0 Å². The lowest BCUT2D eigenvalue weighted by molar-refractivity contribution is 0.419. The molecule has 30 heavy (non-hydrogen) atoms. The predicted molar refractivity (Wildman–Crippen MR) is 119 cm³/mol. The zero-order valence-electron chi connectivity index (χ0n) is 17.1. The summed E-state index contributed by atoms with van der Waals surface area (Å²) in [4.78, 5) is 11.8. The maximum absolute atomic E-state index is 9.26. The minimum atomic E-state index is 0.409. The van der Waals surface area contributed by atoms with Crippen LogP contribution in [0.1, 0.15) is 18.9 Å². The summed E-state index contributed by atoms with van der Waals surface area (Å²) in [6.45, 7) is 4.87. The third-order valence-corrected chi connectivity index (χ3v) is 5.30. The Kier molecular flexibility index (Phi) is 5.55. The number of methoxy groups -OCH3 is 1. The third kappa shape index (κ3) is 3.80. The number of hydrogen-bond acceptors (Lipinski definition) is 8. The van der Waals surface area contributed by atoms with Crippen molar-refractivity contribution in [2.24, 2.45) is 0 Å². The van der Waals surface area contributed by atoms with Crippen LogP contribution in [0.3, 0.4) is 0 Å². The van der Waals surface area contributed by atoms with Crippen LogP contribution in [0.4, 0.5) is 23.1 Å². The fourth-order valence-electron chi connectivity index (χ4n) is 3.84. The van der Waals surface area contributed by atoms with Crippen molar-refractivity contribution in [3.05, 3.63) is 42.0 Å². The molecule has 0 bridgehead atoms. The fourth-order valence-corrected chi connectivity index (χ4v) is 3.84. The monoisotopic (exact) mass is 403 g/mol. The molecule has 1 aliphatic rings. The Morgan fingerprint density at radius 1 is 1.30 bits per heavy atom. The van der Waals surface area contributed by atoms with Gasteiger partial charge in [-0.2, -0.15) is 10.2 Å². The van der Waals surface area contributed by atoms with E-state index < -0.39 is 0 Å². The highest BCUT2D eigenvalue weighted by atomic mass is 16.5. The Morgan fingerprint density at radius 2 is 2.17 bits per heavy atom. The molecule has 2 heterocycles. The number of benzene rings is 2. The quantitative estimate of drug-likeness (QED) is 0.539. The predicted octanol–water partition coefficient (Wildman–Crippen LogP) is 3.02. The number of aromatic nitrogens is 2. The first-order chi connectivity index (χ1) is 14.6. The normalized spacial score (nSPS) is 15.9. The molecule has 8 nitrogen and oxygen atoms in total. The van der Waals surface area contributed by atoms with Crippen molar-refractivity contribution < 1.29 is 4.74 Å². The lowest BCUT2D eigenvalue weighted by Gasteiger charge is -2.21. The Bertz CT molecular complexity index is 1110. The number of para-hydroxylation sites is 1. The second-order valence-corrected chi connectivity index (χ2v) is 7.26. The number of nitrogens with zero attached hydrogens (tertiary/aromatic N) is 4. The van der Waals surface area contributed by atoms with Crippen LogP contribution in [0.5, 0.6) is 5.75 Å². The van der Waals surface area contributed by atoms with Gasteiger partial charge in [-0.25, -0.2) is 4.98 Å². The molecule has 2 aromatic carbocycles. The number of nitrogens with two attached hydrogens (primary N) is 1. The van der Waals surface area contributed by atoms with E-state index in [9.17, 15) is 5.26 Å². The first-order valence-corrected chi connectivity index (χ1v) is 10.0. The van der Waals surface area contributed by atoms with Gasteiger partial charge in [0, 0.05) is 35.9 Å². The van der Waals surface area contributed by atoms with Crippen LogP contribution in [0.15, 0.2) is 36.4 Å². The molecule has 4 rings (SSSR count). The van der Waals surface area contributed by atoms with Gasteiger partial charge < -0.3 is 26.0 Å². The summed E-state index contributed by atoms with van der Waals surface area (Å²) in [5.74, 6) is 2.01. The smallest absolute Gasteiger partial charge is 0.229 e. The summed E-state index contributed by atoms with van der Waals surface area (Å²) in [5, 5.41) is 16.9. The second-order valence-electron chi connectivity index (χ2n) is 7.26. The summed E-state index contributed by atoms with van der Waals surface area (Å²) < 4.78 is 5.55. The SMILES string of the molecule is CCN[C@H]1CCN(c2nc(Nc3ccc(N)c(C#N)c3)nc3c(OC)cccc23)C1. The molecule has 0 amide bonds. The first-order valence-electron chi connectivity index (χ1n) is 10.0. The number of likely N-dealkylation sites (N-methyl/N-ethyl adjacent to an activating group) is 1. The van der Waals surface area contributed by atoms with E-state index in [0.717, 1.165) is 42.8 Å². The number of nitrogen functional groups attached to an aromatic ring is 1. The van der Waals surface area contributed by atoms with E-state index in [4.69, 9.17) is 20.4 Å². The van der Waals surface area contributed by atoms with Gasteiger partial charge in [0.25, 0.3) is 0 Å². The number of ether oxygens (including phenoxy) is 1. The molecule has 4 N–H and O–H groups in total. The molecule has 1 fully saturated rings. The number of hydrogen-bond donors (Lipinski definition) is 3. The highest BCUT2D eigenvalue weighted by Gasteiger charge is 2.25. The van der Waals surface area contributed by atoms with E-state index in [1.807, 2.05) is 24.3 Å². The van der Waals surface area contributed by atoms with Crippen LogP contribution in [-0.4, -0.2) is 42.8 Å². The van der Waals surface area contributed by atoms with E-state index in [1.165, 1.54) is 0 Å². The van der Waals surface area contributed by atoms with Crippen LogP contribution in [0.25, 0.3) is 10.9 Å². The molecule has 1 aromatic heterocycles. The number of fused-ring (bicyclic) bond motifs is 1. The molecule has 0 saturated carbocycles. The van der Waals surface area contributed by atoms with Gasteiger partial charge in [0.15, 0.2) is 0 Å². The molecule has 1 aliphatic heterocycles. The number of rotatable bonds is 6. The van der Waals surface area contributed by atoms with Gasteiger partial charge in [-0.1, -0.05) is 13.0 Å².